The highest BCUT2D eigenvalue weighted by atomic mass is 19.1. The molecule has 3 N–H and O–H groups in total. The molecule has 0 bridgehead atoms. The van der Waals surface area contributed by atoms with Gasteiger partial charge in [-0.1, -0.05) is 45.0 Å². The lowest BCUT2D eigenvalue weighted by Gasteiger charge is -2.14. The van der Waals surface area contributed by atoms with E-state index in [9.17, 15) is 18.7 Å². The smallest absolute Gasteiger partial charge is 0.324 e. The highest BCUT2D eigenvalue weighted by Gasteiger charge is 2.22. The molecule has 0 unspecified atom stereocenters. The van der Waals surface area contributed by atoms with E-state index >= 15 is 0 Å². The van der Waals surface area contributed by atoms with Crippen molar-refractivity contribution in [3.05, 3.63) is 83.6 Å². The summed E-state index contributed by atoms with van der Waals surface area (Å²) in [4.78, 5) is 12.6. The van der Waals surface area contributed by atoms with E-state index in [1.54, 1.807) is 10.7 Å². The first kappa shape index (κ1) is 22.4. The average Bonchev–Trinajstić information content (AvgIpc) is 3.19. The van der Waals surface area contributed by atoms with Crippen LogP contribution >= 0.6 is 0 Å². The molecule has 0 radical (unpaired) electrons. The molecule has 6 nitrogen and oxygen atoms in total. The summed E-state index contributed by atoms with van der Waals surface area (Å²) in [6.45, 7) is 5.83. The summed E-state index contributed by atoms with van der Waals surface area (Å²) in [5, 5.41) is 21.5. The summed E-state index contributed by atoms with van der Waals surface area (Å²) in [7, 11) is 0. The summed E-state index contributed by atoms with van der Waals surface area (Å²) in [5.41, 5.74) is 1.64. The van der Waals surface area contributed by atoms with E-state index < -0.39 is 17.7 Å². The molecular formula is C25H24F2N4O2. The van der Waals surface area contributed by atoms with E-state index in [1.807, 2.05) is 57.2 Å². The van der Waals surface area contributed by atoms with E-state index in [0.717, 1.165) is 34.2 Å². The number of carbonyl (C=O) groups excluding carboxylic acids is 1. The summed E-state index contributed by atoms with van der Waals surface area (Å²) in [6, 6.07) is 15.3. The number of benzene rings is 3. The second-order valence-electron chi connectivity index (χ2n) is 8.76. The number of fused-ring (bicyclic) bond motifs is 1. The third-order valence-electron chi connectivity index (χ3n) is 5.25. The van der Waals surface area contributed by atoms with Crippen LogP contribution < -0.4 is 10.6 Å². The molecule has 0 saturated carbocycles. The fourth-order valence-electron chi connectivity index (χ4n) is 3.52. The van der Waals surface area contributed by atoms with Gasteiger partial charge in [0.1, 0.15) is 17.5 Å². The van der Waals surface area contributed by atoms with Gasteiger partial charge in [0.15, 0.2) is 0 Å². The van der Waals surface area contributed by atoms with Crippen LogP contribution in [0.3, 0.4) is 0 Å². The van der Waals surface area contributed by atoms with Crippen LogP contribution in [0.25, 0.3) is 16.5 Å². The van der Waals surface area contributed by atoms with Gasteiger partial charge in [-0.25, -0.2) is 18.3 Å². The number of hydrogen-bond donors (Lipinski definition) is 3. The number of nitrogens with one attached hydrogen (secondary N) is 2. The minimum Gasteiger partial charge on any atom is -0.392 e. The van der Waals surface area contributed by atoms with Crippen LogP contribution in [0.15, 0.2) is 60.7 Å². The van der Waals surface area contributed by atoms with Crippen molar-refractivity contribution in [2.75, 3.05) is 10.6 Å². The SMILES string of the molecule is CC(C)(C)c1cc(NC(=O)Nc2ccc(F)cc2F)n(-c2cc(CO)c3ccccc3c2)n1. The normalized spacial score (nSPS) is 11.6. The molecule has 0 fully saturated rings. The van der Waals surface area contributed by atoms with Crippen molar-refractivity contribution in [1.82, 2.24) is 9.78 Å². The summed E-state index contributed by atoms with van der Waals surface area (Å²) >= 11 is 0. The van der Waals surface area contributed by atoms with Gasteiger partial charge in [0.05, 0.1) is 23.7 Å². The van der Waals surface area contributed by atoms with Gasteiger partial charge in [-0.2, -0.15) is 5.10 Å². The number of aliphatic hydroxyl groups excluding tert-OH is 1. The molecule has 33 heavy (non-hydrogen) atoms. The molecule has 4 aromatic rings. The molecule has 0 aliphatic carbocycles. The van der Waals surface area contributed by atoms with E-state index in [-0.39, 0.29) is 17.7 Å². The largest absolute Gasteiger partial charge is 0.392 e. The molecule has 0 saturated heterocycles. The topological polar surface area (TPSA) is 79.2 Å². The van der Waals surface area contributed by atoms with E-state index in [1.165, 1.54) is 0 Å². The first-order chi connectivity index (χ1) is 15.7. The number of hydrogen-bond acceptors (Lipinski definition) is 3. The number of anilines is 2. The Bertz CT molecular complexity index is 1340. The number of nitrogens with zero attached hydrogens (tertiary/aromatic N) is 2. The highest BCUT2D eigenvalue weighted by molar-refractivity contribution is 5.99. The monoisotopic (exact) mass is 450 g/mol. The zero-order chi connectivity index (χ0) is 23.8. The van der Waals surface area contributed by atoms with Crippen LogP contribution in [0.2, 0.25) is 0 Å². The number of rotatable bonds is 4. The molecular weight excluding hydrogens is 426 g/mol. The van der Waals surface area contributed by atoms with Crippen LogP contribution in [-0.2, 0) is 12.0 Å². The maximum atomic E-state index is 14.0. The standard InChI is InChI=1S/C25H24F2N4O2/c1-25(2,3)22-13-23(29-24(33)28-21-9-8-17(26)12-20(21)27)31(30-22)18-10-15-6-4-5-7-19(15)16(11-18)14-32/h4-13,32H,14H2,1-3H3,(H2,28,29,33). The van der Waals surface area contributed by atoms with Gasteiger partial charge in [-0.05, 0) is 40.6 Å². The van der Waals surface area contributed by atoms with Crippen molar-refractivity contribution in [2.45, 2.75) is 32.8 Å². The van der Waals surface area contributed by atoms with Gasteiger partial charge in [0, 0.05) is 17.5 Å². The van der Waals surface area contributed by atoms with Crippen molar-refractivity contribution in [1.29, 1.82) is 0 Å². The van der Waals surface area contributed by atoms with E-state index in [4.69, 9.17) is 5.10 Å². The summed E-state index contributed by atoms with van der Waals surface area (Å²) in [5.74, 6) is -1.25. The maximum absolute atomic E-state index is 14.0. The number of urea groups is 1. The maximum Gasteiger partial charge on any atom is 0.324 e. The Morgan fingerprint density at radius 3 is 2.48 bits per heavy atom. The van der Waals surface area contributed by atoms with Gasteiger partial charge >= 0.3 is 6.03 Å². The Kier molecular flexibility index (Phi) is 5.86. The van der Waals surface area contributed by atoms with Crippen LogP contribution in [0, 0.1) is 11.6 Å². The van der Waals surface area contributed by atoms with Crippen LogP contribution in [0.5, 0.6) is 0 Å². The highest BCUT2D eigenvalue weighted by Crippen LogP contribution is 2.29. The zero-order valence-corrected chi connectivity index (χ0v) is 18.5. The van der Waals surface area contributed by atoms with Crippen molar-refractivity contribution >= 4 is 28.3 Å². The Balaban J connectivity index is 1.74. The Morgan fingerprint density at radius 2 is 1.79 bits per heavy atom. The van der Waals surface area contributed by atoms with Gasteiger partial charge < -0.3 is 10.4 Å². The third kappa shape index (κ3) is 4.70. The number of aliphatic hydroxyl groups is 1. The van der Waals surface area contributed by atoms with Crippen molar-refractivity contribution in [2.24, 2.45) is 0 Å². The van der Waals surface area contributed by atoms with Gasteiger partial charge in [-0.15, -0.1) is 0 Å². The minimum atomic E-state index is -0.879. The molecule has 1 aromatic heterocycles. The Labute approximate surface area is 189 Å². The zero-order valence-electron chi connectivity index (χ0n) is 18.5. The quantitative estimate of drug-likeness (QED) is 0.371. The minimum absolute atomic E-state index is 0.149. The predicted molar refractivity (Wildman–Crippen MR) is 125 cm³/mol. The Hall–Kier alpha value is -3.78. The second-order valence-corrected chi connectivity index (χ2v) is 8.76. The molecule has 0 aliphatic rings. The van der Waals surface area contributed by atoms with Gasteiger partial charge in [0.25, 0.3) is 0 Å². The van der Waals surface area contributed by atoms with Crippen LogP contribution in [0.1, 0.15) is 32.0 Å². The summed E-state index contributed by atoms with van der Waals surface area (Å²) < 4.78 is 28.7. The predicted octanol–water partition coefficient (Wildman–Crippen LogP) is 5.74. The fourth-order valence-corrected chi connectivity index (χ4v) is 3.52. The first-order valence-corrected chi connectivity index (χ1v) is 10.4. The van der Waals surface area contributed by atoms with Gasteiger partial charge in [-0.3, -0.25) is 5.32 Å². The lowest BCUT2D eigenvalue weighted by atomic mass is 9.92. The molecule has 0 aliphatic heterocycles. The molecule has 0 spiro atoms. The average molecular weight is 450 g/mol. The fraction of sp³-hybridized carbons (Fsp3) is 0.200. The van der Waals surface area contributed by atoms with Crippen LogP contribution in [-0.4, -0.2) is 20.9 Å². The lowest BCUT2D eigenvalue weighted by Crippen LogP contribution is -2.22. The Morgan fingerprint density at radius 1 is 1.03 bits per heavy atom. The van der Waals surface area contributed by atoms with Crippen molar-refractivity contribution < 1.29 is 18.7 Å². The summed E-state index contributed by atoms with van der Waals surface area (Å²) in [6.07, 6.45) is 0. The van der Waals surface area contributed by atoms with Crippen LogP contribution in [0.4, 0.5) is 25.1 Å². The number of halogens is 2. The van der Waals surface area contributed by atoms with E-state index in [2.05, 4.69) is 10.6 Å². The first-order valence-electron chi connectivity index (χ1n) is 10.4. The number of carbonyl (C=O) groups is 1. The molecule has 170 valence electrons. The van der Waals surface area contributed by atoms with Crippen molar-refractivity contribution in [3.8, 4) is 5.69 Å². The lowest BCUT2D eigenvalue weighted by molar-refractivity contribution is 0.262. The molecule has 4 rings (SSSR count). The number of aromatic nitrogens is 2. The molecule has 2 amide bonds. The molecule has 3 aromatic carbocycles. The molecule has 8 heteroatoms. The van der Waals surface area contributed by atoms with Crippen molar-refractivity contribution in [3.63, 3.8) is 0 Å². The van der Waals surface area contributed by atoms with E-state index in [0.29, 0.717) is 17.6 Å². The van der Waals surface area contributed by atoms with Gasteiger partial charge in [0.2, 0.25) is 0 Å². The third-order valence-corrected chi connectivity index (χ3v) is 5.25. The molecule has 0 atom stereocenters. The molecule has 1 heterocycles. The number of amides is 2. The second kappa shape index (κ2) is 8.63.